The van der Waals surface area contributed by atoms with Gasteiger partial charge in [0.05, 0.1) is 0 Å². The van der Waals surface area contributed by atoms with E-state index in [0.29, 0.717) is 17.7 Å². The summed E-state index contributed by atoms with van der Waals surface area (Å²) in [6, 6.07) is 13.1. The van der Waals surface area contributed by atoms with Gasteiger partial charge >= 0.3 is 5.97 Å². The highest BCUT2D eigenvalue weighted by molar-refractivity contribution is 7.98. The zero-order valence-electron chi connectivity index (χ0n) is 19.6. The fourth-order valence-electron chi connectivity index (χ4n) is 4.40. The van der Waals surface area contributed by atoms with E-state index in [1.807, 2.05) is 61.3 Å². The Morgan fingerprint density at radius 1 is 1.09 bits per heavy atom. The largest absolute Gasteiger partial charge is 0.480 e. The molecule has 0 spiro atoms. The van der Waals surface area contributed by atoms with Crippen molar-refractivity contribution in [3.05, 3.63) is 59.2 Å². The van der Waals surface area contributed by atoms with E-state index in [1.54, 1.807) is 11.8 Å². The zero-order valence-corrected chi connectivity index (χ0v) is 21.3. The quantitative estimate of drug-likeness (QED) is 0.385. The molecule has 2 N–H and O–H groups in total. The number of hydrogen-bond acceptors (Lipinski definition) is 4. The second-order valence-electron chi connectivity index (χ2n) is 8.86. The number of carbonyl (C=O) groups is 2. The molecule has 0 saturated heterocycles. The van der Waals surface area contributed by atoms with Gasteiger partial charge in [-0.2, -0.15) is 23.5 Å². The Morgan fingerprint density at radius 3 is 2.55 bits per heavy atom. The van der Waals surface area contributed by atoms with Crippen molar-refractivity contribution in [3.8, 4) is 11.1 Å². The summed E-state index contributed by atoms with van der Waals surface area (Å²) in [7, 11) is 0. The molecule has 1 aliphatic rings. The molecular formula is C27H35NO3S2. The zero-order chi connectivity index (χ0) is 23.6. The number of aliphatic carboxylic acids is 1. The number of carboxylic acids is 1. The highest BCUT2D eigenvalue weighted by atomic mass is 32.2. The predicted molar refractivity (Wildman–Crippen MR) is 141 cm³/mol. The summed E-state index contributed by atoms with van der Waals surface area (Å²) in [5, 5.41) is 12.3. The third-order valence-corrected chi connectivity index (χ3v) is 8.21. The lowest BCUT2D eigenvalue weighted by Crippen LogP contribution is -2.41. The normalized spacial score (nSPS) is 15.2. The molecule has 1 fully saturated rings. The van der Waals surface area contributed by atoms with Crippen LogP contribution in [-0.4, -0.2) is 40.8 Å². The second kappa shape index (κ2) is 13.1. The summed E-state index contributed by atoms with van der Waals surface area (Å²) in [6.45, 7) is 2.04. The lowest BCUT2D eigenvalue weighted by molar-refractivity contribution is -0.139. The maximum Gasteiger partial charge on any atom is 0.326 e. The lowest BCUT2D eigenvalue weighted by atomic mass is 9.91. The maximum absolute atomic E-state index is 13.2. The topological polar surface area (TPSA) is 66.4 Å². The van der Waals surface area contributed by atoms with E-state index in [1.165, 1.54) is 43.4 Å². The molecule has 178 valence electrons. The van der Waals surface area contributed by atoms with Crippen LogP contribution in [0.15, 0.2) is 42.5 Å². The van der Waals surface area contributed by atoms with E-state index in [0.717, 1.165) is 28.4 Å². The van der Waals surface area contributed by atoms with Gasteiger partial charge < -0.3 is 10.4 Å². The van der Waals surface area contributed by atoms with Gasteiger partial charge in [0.2, 0.25) is 0 Å². The molecule has 1 unspecified atom stereocenters. The Morgan fingerprint density at radius 2 is 1.85 bits per heavy atom. The van der Waals surface area contributed by atoms with E-state index in [9.17, 15) is 14.7 Å². The first kappa shape index (κ1) is 25.7. The fourth-order valence-corrected chi connectivity index (χ4v) is 6.07. The van der Waals surface area contributed by atoms with Gasteiger partial charge in [-0.3, -0.25) is 4.79 Å². The standard InChI is InChI=1S/C27H35NO3S2/c1-19-8-6-7-11-22(19)24-16-21(18-33-17-20-9-4-3-5-10-20)12-13-23(24)26(29)28-25(27(30)31)14-15-32-2/h6-8,11-13,16,20,25H,3-5,9-10,14-15,17-18H2,1-2H3,(H,28,29)(H,30,31). The summed E-state index contributed by atoms with van der Waals surface area (Å²) >= 11 is 3.55. The molecule has 0 radical (unpaired) electrons. The molecular weight excluding hydrogens is 450 g/mol. The number of benzene rings is 2. The van der Waals surface area contributed by atoms with Crippen LogP contribution in [0.25, 0.3) is 11.1 Å². The molecule has 1 amide bonds. The monoisotopic (exact) mass is 485 g/mol. The summed E-state index contributed by atoms with van der Waals surface area (Å²) in [5.41, 5.74) is 4.70. The van der Waals surface area contributed by atoms with Crippen molar-refractivity contribution >= 4 is 35.4 Å². The van der Waals surface area contributed by atoms with Gasteiger partial charge in [0.15, 0.2) is 0 Å². The lowest BCUT2D eigenvalue weighted by Gasteiger charge is -2.21. The highest BCUT2D eigenvalue weighted by Crippen LogP contribution is 2.31. The number of aryl methyl sites for hydroxylation is 1. The fraction of sp³-hybridized carbons (Fsp3) is 0.481. The van der Waals surface area contributed by atoms with Crippen LogP contribution in [0.3, 0.4) is 0 Å². The Kier molecular flexibility index (Phi) is 10.2. The van der Waals surface area contributed by atoms with Crippen LogP contribution < -0.4 is 5.32 Å². The van der Waals surface area contributed by atoms with Crippen LogP contribution in [0, 0.1) is 12.8 Å². The Bertz CT molecular complexity index is 941. The van der Waals surface area contributed by atoms with E-state index >= 15 is 0 Å². The van der Waals surface area contributed by atoms with Crippen LogP contribution in [0.1, 0.15) is 60.0 Å². The molecule has 4 nitrogen and oxygen atoms in total. The molecule has 0 heterocycles. The number of thioether (sulfide) groups is 2. The van der Waals surface area contributed by atoms with Gasteiger partial charge in [-0.1, -0.05) is 49.6 Å². The van der Waals surface area contributed by atoms with E-state index < -0.39 is 12.0 Å². The maximum atomic E-state index is 13.2. The smallest absolute Gasteiger partial charge is 0.326 e. The predicted octanol–water partition coefficient (Wildman–Crippen LogP) is 6.41. The van der Waals surface area contributed by atoms with Gasteiger partial charge in [0.1, 0.15) is 6.04 Å². The van der Waals surface area contributed by atoms with Gasteiger partial charge in [0, 0.05) is 11.3 Å². The molecule has 1 atom stereocenters. The molecule has 6 heteroatoms. The first-order chi connectivity index (χ1) is 16.0. The van der Waals surface area contributed by atoms with Gasteiger partial charge in [-0.05, 0) is 84.3 Å². The molecule has 33 heavy (non-hydrogen) atoms. The van der Waals surface area contributed by atoms with Crippen molar-refractivity contribution in [2.75, 3.05) is 17.8 Å². The van der Waals surface area contributed by atoms with Crippen LogP contribution in [0.2, 0.25) is 0 Å². The van der Waals surface area contributed by atoms with Crippen molar-refractivity contribution < 1.29 is 14.7 Å². The summed E-state index contributed by atoms with van der Waals surface area (Å²) in [5.74, 6) is 2.30. The van der Waals surface area contributed by atoms with Gasteiger partial charge in [-0.25, -0.2) is 4.79 Å². The van der Waals surface area contributed by atoms with E-state index in [2.05, 4.69) is 11.4 Å². The first-order valence-corrected chi connectivity index (χ1v) is 14.3. The number of rotatable bonds is 11. The minimum Gasteiger partial charge on any atom is -0.480 e. The number of carbonyl (C=O) groups excluding carboxylic acids is 1. The van der Waals surface area contributed by atoms with E-state index in [4.69, 9.17) is 0 Å². The van der Waals surface area contributed by atoms with E-state index in [-0.39, 0.29) is 5.91 Å². The number of carboxylic acid groups (broad SMARTS) is 1. The van der Waals surface area contributed by atoms with Crippen LogP contribution in [0.4, 0.5) is 0 Å². The van der Waals surface area contributed by atoms with Crippen LogP contribution in [0.5, 0.6) is 0 Å². The molecule has 3 rings (SSSR count). The summed E-state index contributed by atoms with van der Waals surface area (Å²) < 4.78 is 0. The van der Waals surface area contributed by atoms with Crippen molar-refractivity contribution in [1.82, 2.24) is 5.32 Å². The molecule has 2 aromatic rings. The molecule has 1 aliphatic carbocycles. The first-order valence-electron chi connectivity index (χ1n) is 11.8. The van der Waals surface area contributed by atoms with Crippen LogP contribution >= 0.6 is 23.5 Å². The van der Waals surface area contributed by atoms with Gasteiger partial charge in [-0.15, -0.1) is 0 Å². The van der Waals surface area contributed by atoms with Crippen molar-refractivity contribution in [3.63, 3.8) is 0 Å². The Hall–Kier alpha value is -1.92. The van der Waals surface area contributed by atoms with Crippen LogP contribution in [-0.2, 0) is 10.5 Å². The number of nitrogens with one attached hydrogen (secondary N) is 1. The molecule has 0 bridgehead atoms. The van der Waals surface area contributed by atoms with Crippen molar-refractivity contribution in [2.45, 2.75) is 57.2 Å². The molecule has 1 saturated carbocycles. The third-order valence-electron chi connectivity index (χ3n) is 6.32. The Labute approximate surface area is 206 Å². The third kappa shape index (κ3) is 7.54. The summed E-state index contributed by atoms with van der Waals surface area (Å²) in [4.78, 5) is 24.8. The second-order valence-corrected chi connectivity index (χ2v) is 10.9. The highest BCUT2D eigenvalue weighted by Gasteiger charge is 2.23. The number of hydrogen-bond donors (Lipinski definition) is 2. The minimum atomic E-state index is -0.995. The van der Waals surface area contributed by atoms with Crippen molar-refractivity contribution in [2.24, 2.45) is 5.92 Å². The summed E-state index contributed by atoms with van der Waals surface area (Å²) in [6.07, 6.45) is 9.13. The van der Waals surface area contributed by atoms with Crippen molar-refractivity contribution in [1.29, 1.82) is 0 Å². The Balaban J connectivity index is 1.80. The number of amides is 1. The minimum absolute atomic E-state index is 0.330. The van der Waals surface area contributed by atoms with Gasteiger partial charge in [0.25, 0.3) is 5.91 Å². The average Bonchev–Trinajstić information content (AvgIpc) is 2.82. The molecule has 0 aliphatic heterocycles. The molecule has 0 aromatic heterocycles. The average molecular weight is 486 g/mol. The molecule has 2 aromatic carbocycles. The SMILES string of the molecule is CSCCC(NC(=O)c1ccc(CSCC2CCCCC2)cc1-c1ccccc1C)C(=O)O.